The van der Waals surface area contributed by atoms with Gasteiger partial charge in [-0.3, -0.25) is 4.79 Å². The molecule has 0 radical (unpaired) electrons. The van der Waals surface area contributed by atoms with Crippen molar-refractivity contribution >= 4 is 5.91 Å². The average molecular weight is 296 g/mol. The molecule has 0 saturated carbocycles. The zero-order valence-electron chi connectivity index (χ0n) is 13.0. The smallest absolute Gasteiger partial charge is 0.227 e. The zero-order valence-corrected chi connectivity index (χ0v) is 13.0. The second kappa shape index (κ2) is 7.04. The lowest BCUT2D eigenvalue weighted by Crippen LogP contribution is -2.52. The van der Waals surface area contributed by atoms with Crippen LogP contribution >= 0.6 is 0 Å². The summed E-state index contributed by atoms with van der Waals surface area (Å²) in [5, 5.41) is 13.3. The summed E-state index contributed by atoms with van der Waals surface area (Å²) in [6.07, 6.45) is 1.50. The Kier molecular flexibility index (Phi) is 5.36. The van der Waals surface area contributed by atoms with E-state index >= 15 is 0 Å². The van der Waals surface area contributed by atoms with Crippen LogP contribution in [0.5, 0.6) is 0 Å². The molecule has 1 amide bonds. The zero-order chi connectivity index (χ0) is 15.4. The van der Waals surface area contributed by atoms with Gasteiger partial charge in [-0.1, -0.05) is 19.0 Å². The SMILES string of the molecule is CCc1noc(CC)c1CC(=O)N1CC(CO)OCC1C. The molecule has 0 spiro atoms. The molecule has 1 aromatic rings. The molecule has 0 bridgehead atoms. The van der Waals surface area contributed by atoms with E-state index in [1.54, 1.807) is 4.90 Å². The molecule has 118 valence electrons. The van der Waals surface area contributed by atoms with Crippen LogP contribution in [0.3, 0.4) is 0 Å². The fourth-order valence-electron chi connectivity index (χ4n) is 2.67. The third kappa shape index (κ3) is 3.44. The van der Waals surface area contributed by atoms with Crippen LogP contribution in [-0.4, -0.2) is 53.0 Å². The molecule has 0 aliphatic carbocycles. The van der Waals surface area contributed by atoms with Crippen molar-refractivity contribution in [2.45, 2.75) is 52.2 Å². The van der Waals surface area contributed by atoms with Gasteiger partial charge in [0.15, 0.2) is 0 Å². The normalized spacial score (nSPS) is 22.6. The summed E-state index contributed by atoms with van der Waals surface area (Å²) in [5.41, 5.74) is 1.78. The quantitative estimate of drug-likeness (QED) is 0.875. The van der Waals surface area contributed by atoms with E-state index in [9.17, 15) is 9.90 Å². The molecular weight excluding hydrogens is 272 g/mol. The summed E-state index contributed by atoms with van der Waals surface area (Å²) in [6, 6.07) is 0.0234. The Morgan fingerprint density at radius 1 is 1.43 bits per heavy atom. The molecule has 2 heterocycles. The fourth-order valence-corrected chi connectivity index (χ4v) is 2.67. The third-order valence-electron chi connectivity index (χ3n) is 3.96. The van der Waals surface area contributed by atoms with Gasteiger partial charge < -0.3 is 19.3 Å². The van der Waals surface area contributed by atoms with Crippen LogP contribution in [0, 0.1) is 0 Å². The molecule has 6 nitrogen and oxygen atoms in total. The monoisotopic (exact) mass is 296 g/mol. The number of nitrogens with zero attached hydrogens (tertiary/aromatic N) is 2. The Hall–Kier alpha value is -1.40. The molecule has 6 heteroatoms. The first kappa shape index (κ1) is 16.0. The molecule has 1 aliphatic heterocycles. The van der Waals surface area contributed by atoms with Gasteiger partial charge in [0.25, 0.3) is 0 Å². The van der Waals surface area contributed by atoms with E-state index in [-0.39, 0.29) is 24.7 Å². The van der Waals surface area contributed by atoms with E-state index in [2.05, 4.69) is 5.16 Å². The number of rotatable bonds is 5. The largest absolute Gasteiger partial charge is 0.394 e. The summed E-state index contributed by atoms with van der Waals surface area (Å²) in [7, 11) is 0. The van der Waals surface area contributed by atoms with Crippen LogP contribution in [0.1, 0.15) is 37.8 Å². The van der Waals surface area contributed by atoms with Gasteiger partial charge in [-0.05, 0) is 13.3 Å². The Labute approximate surface area is 125 Å². The van der Waals surface area contributed by atoms with Gasteiger partial charge in [-0.2, -0.15) is 0 Å². The van der Waals surface area contributed by atoms with Crippen molar-refractivity contribution in [3.8, 4) is 0 Å². The molecule has 0 aromatic carbocycles. The first-order valence-electron chi connectivity index (χ1n) is 7.58. The minimum atomic E-state index is -0.288. The summed E-state index contributed by atoms with van der Waals surface area (Å²) in [5.74, 6) is 0.830. The highest BCUT2D eigenvalue weighted by Crippen LogP contribution is 2.19. The maximum Gasteiger partial charge on any atom is 0.227 e. The average Bonchev–Trinajstić information content (AvgIpc) is 2.89. The summed E-state index contributed by atoms with van der Waals surface area (Å²) in [6.45, 7) is 6.79. The molecule has 1 saturated heterocycles. The second-order valence-electron chi connectivity index (χ2n) is 5.45. The predicted octanol–water partition coefficient (Wildman–Crippen LogP) is 0.950. The number of aliphatic hydroxyl groups is 1. The van der Waals surface area contributed by atoms with Gasteiger partial charge in [0, 0.05) is 18.5 Å². The lowest BCUT2D eigenvalue weighted by atomic mass is 10.0. The van der Waals surface area contributed by atoms with Crippen LogP contribution in [0.25, 0.3) is 0 Å². The number of aliphatic hydroxyl groups excluding tert-OH is 1. The van der Waals surface area contributed by atoms with Crippen molar-refractivity contribution in [2.75, 3.05) is 19.8 Å². The summed E-state index contributed by atoms with van der Waals surface area (Å²) < 4.78 is 10.8. The number of carbonyl (C=O) groups is 1. The Balaban J connectivity index is 2.11. The molecule has 1 N–H and O–H groups in total. The number of aryl methyl sites for hydroxylation is 2. The van der Waals surface area contributed by atoms with Crippen LogP contribution in [0.15, 0.2) is 4.52 Å². The van der Waals surface area contributed by atoms with E-state index < -0.39 is 0 Å². The van der Waals surface area contributed by atoms with Gasteiger partial charge in [0.05, 0.1) is 37.5 Å². The minimum absolute atomic E-state index is 0.0234. The predicted molar refractivity (Wildman–Crippen MR) is 77.0 cm³/mol. The Morgan fingerprint density at radius 3 is 2.81 bits per heavy atom. The molecular formula is C15H24N2O4. The van der Waals surface area contributed by atoms with Crippen LogP contribution in [-0.2, 0) is 28.8 Å². The molecule has 2 rings (SSSR count). The summed E-state index contributed by atoms with van der Waals surface area (Å²) >= 11 is 0. The van der Waals surface area contributed by atoms with Crippen LogP contribution < -0.4 is 0 Å². The van der Waals surface area contributed by atoms with E-state index in [0.717, 1.165) is 29.9 Å². The molecule has 2 atom stereocenters. The van der Waals surface area contributed by atoms with Crippen LogP contribution in [0.4, 0.5) is 0 Å². The first-order valence-corrected chi connectivity index (χ1v) is 7.58. The van der Waals surface area contributed by atoms with E-state index in [0.29, 0.717) is 19.6 Å². The highest BCUT2D eigenvalue weighted by Gasteiger charge is 2.30. The third-order valence-corrected chi connectivity index (χ3v) is 3.96. The molecule has 1 fully saturated rings. The van der Waals surface area contributed by atoms with E-state index in [1.165, 1.54) is 0 Å². The van der Waals surface area contributed by atoms with E-state index in [1.807, 2.05) is 20.8 Å². The number of amides is 1. The van der Waals surface area contributed by atoms with Gasteiger partial charge >= 0.3 is 0 Å². The summed E-state index contributed by atoms with van der Waals surface area (Å²) in [4.78, 5) is 14.4. The van der Waals surface area contributed by atoms with Crippen molar-refractivity contribution in [3.63, 3.8) is 0 Å². The second-order valence-corrected chi connectivity index (χ2v) is 5.45. The first-order chi connectivity index (χ1) is 10.1. The standard InChI is InChI=1S/C15H24N2O4/c1-4-13-12(14(5-2)21-16-13)6-15(19)17-7-11(8-18)20-9-10(17)3/h10-11,18H,4-9H2,1-3H3. The number of aromatic nitrogens is 1. The van der Waals surface area contributed by atoms with Gasteiger partial charge in [-0.15, -0.1) is 0 Å². The lowest BCUT2D eigenvalue weighted by Gasteiger charge is -2.37. The maximum atomic E-state index is 12.6. The topological polar surface area (TPSA) is 75.8 Å². The molecule has 2 unspecified atom stereocenters. The van der Waals surface area contributed by atoms with Gasteiger partial charge in [-0.25, -0.2) is 0 Å². The van der Waals surface area contributed by atoms with Crippen molar-refractivity contribution in [2.24, 2.45) is 0 Å². The van der Waals surface area contributed by atoms with Crippen LogP contribution in [0.2, 0.25) is 0 Å². The highest BCUT2D eigenvalue weighted by atomic mass is 16.5. The van der Waals surface area contributed by atoms with Crippen molar-refractivity contribution in [1.29, 1.82) is 0 Å². The lowest BCUT2D eigenvalue weighted by molar-refractivity contribution is -0.145. The number of hydrogen-bond donors (Lipinski definition) is 1. The molecule has 21 heavy (non-hydrogen) atoms. The molecule has 1 aromatic heterocycles. The number of ether oxygens (including phenoxy) is 1. The van der Waals surface area contributed by atoms with Crippen molar-refractivity contribution in [1.82, 2.24) is 10.1 Å². The van der Waals surface area contributed by atoms with Gasteiger partial charge in [0.1, 0.15) is 5.76 Å². The molecule has 1 aliphatic rings. The number of morpholine rings is 1. The van der Waals surface area contributed by atoms with E-state index in [4.69, 9.17) is 9.26 Å². The number of carbonyl (C=O) groups excluding carboxylic acids is 1. The Bertz CT molecular complexity index is 465. The van der Waals surface area contributed by atoms with Gasteiger partial charge in [0.2, 0.25) is 5.91 Å². The maximum absolute atomic E-state index is 12.6. The van der Waals surface area contributed by atoms with Crippen molar-refractivity contribution < 1.29 is 19.2 Å². The number of hydrogen-bond acceptors (Lipinski definition) is 5. The highest BCUT2D eigenvalue weighted by molar-refractivity contribution is 5.79. The fraction of sp³-hybridized carbons (Fsp3) is 0.733. The Morgan fingerprint density at radius 2 is 2.19 bits per heavy atom. The van der Waals surface area contributed by atoms with Crippen molar-refractivity contribution in [3.05, 3.63) is 17.0 Å². The minimum Gasteiger partial charge on any atom is -0.394 e.